The van der Waals surface area contributed by atoms with Crippen LogP contribution in [-0.4, -0.2) is 27.1 Å². The van der Waals surface area contributed by atoms with Crippen LogP contribution >= 0.6 is 11.8 Å². The Labute approximate surface area is 94.5 Å². The number of aliphatic hydroxyl groups excluding tert-OH is 1. The molecule has 5 heteroatoms. The van der Waals surface area contributed by atoms with Gasteiger partial charge < -0.3 is 9.63 Å². The van der Waals surface area contributed by atoms with Gasteiger partial charge >= 0.3 is 0 Å². The highest BCUT2D eigenvalue weighted by Gasteiger charge is 2.08. The summed E-state index contributed by atoms with van der Waals surface area (Å²) < 4.78 is 5.09. The lowest BCUT2D eigenvalue weighted by Gasteiger charge is -2.03. The lowest BCUT2D eigenvalue weighted by Crippen LogP contribution is -2.02. The molecule has 86 valence electrons. The van der Waals surface area contributed by atoms with E-state index in [1.54, 1.807) is 11.8 Å². The molecule has 0 amide bonds. The van der Waals surface area contributed by atoms with E-state index in [0.717, 1.165) is 25.1 Å². The van der Waals surface area contributed by atoms with Gasteiger partial charge in [-0.25, -0.2) is 0 Å². The van der Waals surface area contributed by atoms with E-state index in [4.69, 9.17) is 9.63 Å². The average molecular weight is 230 g/mol. The summed E-state index contributed by atoms with van der Waals surface area (Å²) in [5.74, 6) is 2.14. The van der Waals surface area contributed by atoms with Gasteiger partial charge in [0, 0.05) is 11.7 Å². The van der Waals surface area contributed by atoms with Gasteiger partial charge in [0.2, 0.25) is 5.89 Å². The molecule has 4 nitrogen and oxygen atoms in total. The zero-order valence-corrected chi connectivity index (χ0v) is 10.1. The molecule has 1 unspecified atom stereocenters. The number of thioether (sulfide) groups is 1. The van der Waals surface area contributed by atoms with Crippen molar-refractivity contribution in [1.29, 1.82) is 0 Å². The molecule has 0 spiro atoms. The second-order valence-electron chi connectivity index (χ2n) is 3.51. The normalized spacial score (nSPS) is 13.0. The Morgan fingerprint density at radius 3 is 3.00 bits per heavy atom. The van der Waals surface area contributed by atoms with Gasteiger partial charge in [0.25, 0.3) is 0 Å². The Kier molecular flexibility index (Phi) is 5.71. The van der Waals surface area contributed by atoms with Crippen LogP contribution in [0.25, 0.3) is 0 Å². The molecule has 0 radical (unpaired) electrons. The standard InChI is InChI=1S/C10H18N2O2S/c1-3-4-5-9-11-10(14-12-9)7-15-8(2)6-13/h8,13H,3-7H2,1-2H3. The Hall–Kier alpha value is -0.550. The Bertz CT molecular complexity index is 278. The highest BCUT2D eigenvalue weighted by molar-refractivity contribution is 7.99. The molecule has 0 aromatic carbocycles. The number of hydrogen-bond acceptors (Lipinski definition) is 5. The van der Waals surface area contributed by atoms with E-state index >= 15 is 0 Å². The predicted octanol–water partition coefficient (Wildman–Crippen LogP) is 2.03. The number of aromatic nitrogens is 2. The zero-order valence-electron chi connectivity index (χ0n) is 9.27. The Balaban J connectivity index is 2.32. The van der Waals surface area contributed by atoms with E-state index in [2.05, 4.69) is 17.1 Å². The fourth-order valence-electron chi connectivity index (χ4n) is 1.05. The highest BCUT2D eigenvalue weighted by atomic mass is 32.2. The van der Waals surface area contributed by atoms with Crippen molar-refractivity contribution < 1.29 is 9.63 Å². The molecule has 15 heavy (non-hydrogen) atoms. The third-order valence-electron chi connectivity index (χ3n) is 2.01. The van der Waals surface area contributed by atoms with Crippen LogP contribution in [0.4, 0.5) is 0 Å². The molecule has 0 aliphatic carbocycles. The Morgan fingerprint density at radius 2 is 2.33 bits per heavy atom. The van der Waals surface area contributed by atoms with Crippen molar-refractivity contribution in [3.8, 4) is 0 Å². The summed E-state index contributed by atoms with van der Waals surface area (Å²) >= 11 is 1.62. The van der Waals surface area contributed by atoms with E-state index in [1.807, 2.05) is 6.92 Å². The van der Waals surface area contributed by atoms with Crippen LogP contribution in [-0.2, 0) is 12.2 Å². The van der Waals surface area contributed by atoms with Gasteiger partial charge in [-0.1, -0.05) is 25.4 Å². The lowest BCUT2D eigenvalue weighted by molar-refractivity contribution is 0.300. The molecule has 0 aliphatic rings. The Morgan fingerprint density at radius 1 is 1.53 bits per heavy atom. The molecule has 0 bridgehead atoms. The first-order valence-electron chi connectivity index (χ1n) is 5.30. The quantitative estimate of drug-likeness (QED) is 0.776. The number of unbranched alkanes of at least 4 members (excludes halogenated alkanes) is 1. The first-order valence-corrected chi connectivity index (χ1v) is 6.35. The fourth-order valence-corrected chi connectivity index (χ4v) is 1.70. The first kappa shape index (κ1) is 12.5. The molecule has 0 aliphatic heterocycles. The van der Waals surface area contributed by atoms with E-state index in [-0.39, 0.29) is 11.9 Å². The minimum atomic E-state index is 0.182. The SMILES string of the molecule is CCCCc1noc(CSC(C)CO)n1. The molecule has 1 aromatic rings. The minimum absolute atomic E-state index is 0.182. The molecular weight excluding hydrogens is 212 g/mol. The molecule has 1 rings (SSSR count). The van der Waals surface area contributed by atoms with Crippen LogP contribution in [0.5, 0.6) is 0 Å². The van der Waals surface area contributed by atoms with Gasteiger partial charge in [0.15, 0.2) is 5.82 Å². The second-order valence-corrected chi connectivity index (χ2v) is 4.94. The first-order chi connectivity index (χ1) is 7.26. The summed E-state index contributed by atoms with van der Waals surface area (Å²) in [7, 11) is 0. The molecule has 0 fully saturated rings. The number of aryl methyl sites for hydroxylation is 1. The minimum Gasteiger partial charge on any atom is -0.395 e. The van der Waals surface area contributed by atoms with Gasteiger partial charge in [0.05, 0.1) is 12.4 Å². The van der Waals surface area contributed by atoms with E-state index in [9.17, 15) is 0 Å². The van der Waals surface area contributed by atoms with Crippen LogP contribution in [0.15, 0.2) is 4.52 Å². The highest BCUT2D eigenvalue weighted by Crippen LogP contribution is 2.16. The molecule has 1 aromatic heterocycles. The number of aliphatic hydroxyl groups is 1. The lowest BCUT2D eigenvalue weighted by atomic mass is 10.2. The average Bonchev–Trinajstić information content (AvgIpc) is 2.71. The largest absolute Gasteiger partial charge is 0.395 e. The van der Waals surface area contributed by atoms with Crippen molar-refractivity contribution in [2.45, 2.75) is 44.1 Å². The van der Waals surface area contributed by atoms with E-state index < -0.39 is 0 Å². The van der Waals surface area contributed by atoms with Crippen LogP contribution in [0, 0.1) is 0 Å². The van der Waals surface area contributed by atoms with Gasteiger partial charge in [-0.3, -0.25) is 0 Å². The zero-order chi connectivity index (χ0) is 11.1. The van der Waals surface area contributed by atoms with Gasteiger partial charge in [-0.2, -0.15) is 4.98 Å². The maximum absolute atomic E-state index is 8.85. The van der Waals surface area contributed by atoms with Crippen molar-refractivity contribution in [2.75, 3.05) is 6.61 Å². The molecule has 1 N–H and O–H groups in total. The predicted molar refractivity (Wildman–Crippen MR) is 60.8 cm³/mol. The summed E-state index contributed by atoms with van der Waals surface area (Å²) in [5, 5.41) is 13.0. The second kappa shape index (κ2) is 6.85. The number of hydrogen-bond donors (Lipinski definition) is 1. The fraction of sp³-hybridized carbons (Fsp3) is 0.800. The van der Waals surface area contributed by atoms with Crippen LogP contribution in [0.3, 0.4) is 0 Å². The summed E-state index contributed by atoms with van der Waals surface area (Å²) in [6.07, 6.45) is 3.12. The third kappa shape index (κ3) is 4.66. The topological polar surface area (TPSA) is 59.2 Å². The monoisotopic (exact) mass is 230 g/mol. The van der Waals surface area contributed by atoms with Crippen LogP contribution in [0.1, 0.15) is 38.4 Å². The molecular formula is C10H18N2O2S. The molecule has 0 saturated carbocycles. The maximum Gasteiger partial charge on any atom is 0.236 e. The summed E-state index contributed by atoms with van der Waals surface area (Å²) in [6.45, 7) is 4.29. The van der Waals surface area contributed by atoms with E-state index in [1.165, 1.54) is 0 Å². The van der Waals surface area contributed by atoms with Crippen molar-refractivity contribution in [3.05, 3.63) is 11.7 Å². The summed E-state index contributed by atoms with van der Waals surface area (Å²) in [5.41, 5.74) is 0. The smallest absolute Gasteiger partial charge is 0.236 e. The number of rotatable bonds is 7. The maximum atomic E-state index is 8.85. The number of nitrogens with zero attached hydrogens (tertiary/aromatic N) is 2. The van der Waals surface area contributed by atoms with Crippen molar-refractivity contribution >= 4 is 11.8 Å². The third-order valence-corrected chi connectivity index (χ3v) is 3.14. The van der Waals surface area contributed by atoms with E-state index in [0.29, 0.717) is 11.6 Å². The van der Waals surface area contributed by atoms with Crippen molar-refractivity contribution in [2.24, 2.45) is 0 Å². The summed E-state index contributed by atoms with van der Waals surface area (Å²) in [4.78, 5) is 4.27. The van der Waals surface area contributed by atoms with Crippen LogP contribution in [0.2, 0.25) is 0 Å². The van der Waals surface area contributed by atoms with Crippen molar-refractivity contribution in [1.82, 2.24) is 10.1 Å². The van der Waals surface area contributed by atoms with Crippen LogP contribution < -0.4 is 0 Å². The van der Waals surface area contributed by atoms with Gasteiger partial charge in [0.1, 0.15) is 0 Å². The van der Waals surface area contributed by atoms with Gasteiger partial charge in [-0.05, 0) is 6.42 Å². The molecule has 1 atom stereocenters. The van der Waals surface area contributed by atoms with Crippen molar-refractivity contribution in [3.63, 3.8) is 0 Å². The van der Waals surface area contributed by atoms with Gasteiger partial charge in [-0.15, -0.1) is 11.8 Å². The summed E-state index contributed by atoms with van der Waals surface area (Å²) in [6, 6.07) is 0. The molecule has 1 heterocycles. The molecule has 0 saturated heterocycles.